The van der Waals surface area contributed by atoms with Crippen LogP contribution in [-0.4, -0.2) is 38.7 Å². The molecule has 0 heterocycles. The Morgan fingerprint density at radius 2 is 1.57 bits per heavy atom. The van der Waals surface area contributed by atoms with Crippen molar-refractivity contribution in [3.05, 3.63) is 59.7 Å². The molecular formula is C19H21NO7S. The number of aliphatic hydroxyl groups excluding tert-OH is 1. The first kappa shape index (κ1) is 21.4. The summed E-state index contributed by atoms with van der Waals surface area (Å²) in [6, 6.07) is 11.4. The van der Waals surface area contributed by atoms with Crippen LogP contribution in [0.2, 0.25) is 0 Å². The van der Waals surface area contributed by atoms with Crippen molar-refractivity contribution < 1.29 is 32.6 Å². The Kier molecular flexibility index (Phi) is 6.76. The number of carbonyl (C=O) groups excluding carboxylic acids is 2. The molecule has 0 radical (unpaired) electrons. The molecule has 0 unspecified atom stereocenters. The SMILES string of the molecule is COC(=O)[C@@H](C)OC(=O)c1ccc(NS(=O)(=O)c2ccc([C@@H](C)O)cc2)cc1. The fourth-order valence-corrected chi connectivity index (χ4v) is 3.32. The van der Waals surface area contributed by atoms with Gasteiger partial charge in [-0.1, -0.05) is 12.1 Å². The van der Waals surface area contributed by atoms with Gasteiger partial charge in [-0.15, -0.1) is 0 Å². The van der Waals surface area contributed by atoms with Crippen molar-refractivity contribution in [3.8, 4) is 0 Å². The van der Waals surface area contributed by atoms with Crippen LogP contribution in [0.15, 0.2) is 53.4 Å². The van der Waals surface area contributed by atoms with Crippen LogP contribution < -0.4 is 4.72 Å². The molecule has 0 saturated carbocycles. The maximum absolute atomic E-state index is 12.4. The molecule has 0 aliphatic rings. The van der Waals surface area contributed by atoms with Crippen molar-refractivity contribution in [2.45, 2.75) is 31.0 Å². The molecule has 0 aliphatic carbocycles. The van der Waals surface area contributed by atoms with Crippen molar-refractivity contribution in [1.82, 2.24) is 0 Å². The van der Waals surface area contributed by atoms with E-state index in [4.69, 9.17) is 4.74 Å². The zero-order valence-corrected chi connectivity index (χ0v) is 16.4. The van der Waals surface area contributed by atoms with E-state index in [0.717, 1.165) is 0 Å². The maximum atomic E-state index is 12.4. The molecule has 0 fully saturated rings. The van der Waals surface area contributed by atoms with Gasteiger partial charge in [-0.25, -0.2) is 18.0 Å². The fraction of sp³-hybridized carbons (Fsp3) is 0.263. The molecule has 2 aromatic carbocycles. The van der Waals surface area contributed by atoms with E-state index >= 15 is 0 Å². The van der Waals surface area contributed by atoms with Crippen molar-refractivity contribution >= 4 is 27.6 Å². The average Bonchev–Trinajstić information content (AvgIpc) is 2.67. The van der Waals surface area contributed by atoms with Gasteiger partial charge in [0.2, 0.25) is 0 Å². The molecule has 9 heteroatoms. The van der Waals surface area contributed by atoms with Crippen LogP contribution in [0.5, 0.6) is 0 Å². The molecule has 0 bridgehead atoms. The third kappa shape index (κ3) is 5.30. The zero-order chi connectivity index (χ0) is 20.9. The molecule has 0 amide bonds. The number of hydrogen-bond donors (Lipinski definition) is 2. The number of rotatable bonds is 7. The highest BCUT2D eigenvalue weighted by Gasteiger charge is 2.20. The largest absolute Gasteiger partial charge is 0.466 e. The van der Waals surface area contributed by atoms with Gasteiger partial charge in [-0.2, -0.15) is 0 Å². The predicted molar refractivity (Wildman–Crippen MR) is 101 cm³/mol. The smallest absolute Gasteiger partial charge is 0.346 e. The van der Waals surface area contributed by atoms with Gasteiger partial charge >= 0.3 is 11.9 Å². The minimum absolute atomic E-state index is 0.0345. The zero-order valence-electron chi connectivity index (χ0n) is 15.6. The van der Waals surface area contributed by atoms with E-state index in [1.165, 1.54) is 62.6 Å². The molecule has 2 atom stereocenters. The Balaban J connectivity index is 2.08. The summed E-state index contributed by atoms with van der Waals surface area (Å²) in [6.07, 6.45) is -1.75. The molecule has 0 spiro atoms. The molecule has 2 aromatic rings. The Bertz CT molecular complexity index is 935. The number of hydrogen-bond acceptors (Lipinski definition) is 7. The van der Waals surface area contributed by atoms with Gasteiger partial charge in [-0.3, -0.25) is 4.72 Å². The number of ether oxygens (including phenoxy) is 2. The minimum atomic E-state index is -3.83. The highest BCUT2D eigenvalue weighted by molar-refractivity contribution is 7.92. The van der Waals surface area contributed by atoms with Gasteiger partial charge in [0.1, 0.15) is 0 Å². The van der Waals surface area contributed by atoms with Gasteiger partial charge in [0, 0.05) is 5.69 Å². The number of aliphatic hydroxyl groups is 1. The lowest BCUT2D eigenvalue weighted by Gasteiger charge is -2.12. The van der Waals surface area contributed by atoms with Crippen LogP contribution in [0.25, 0.3) is 0 Å². The summed E-state index contributed by atoms with van der Waals surface area (Å²) in [4.78, 5) is 23.3. The number of carbonyl (C=O) groups is 2. The first-order valence-corrected chi connectivity index (χ1v) is 9.82. The molecule has 2 rings (SSSR count). The van der Waals surface area contributed by atoms with Crippen LogP contribution >= 0.6 is 0 Å². The molecule has 0 saturated heterocycles. The Hall–Kier alpha value is -2.91. The molecule has 0 aromatic heterocycles. The lowest BCUT2D eigenvalue weighted by atomic mass is 10.1. The third-order valence-corrected chi connectivity index (χ3v) is 5.26. The number of benzene rings is 2. The van der Waals surface area contributed by atoms with E-state index in [2.05, 4.69) is 9.46 Å². The second-order valence-corrected chi connectivity index (χ2v) is 7.68. The summed E-state index contributed by atoms with van der Waals surface area (Å²) in [7, 11) is -2.65. The van der Waals surface area contributed by atoms with Crippen LogP contribution in [0.4, 0.5) is 5.69 Å². The monoisotopic (exact) mass is 407 g/mol. The lowest BCUT2D eigenvalue weighted by Crippen LogP contribution is -2.25. The third-order valence-electron chi connectivity index (χ3n) is 3.86. The van der Waals surface area contributed by atoms with E-state index in [9.17, 15) is 23.1 Å². The van der Waals surface area contributed by atoms with E-state index in [1.54, 1.807) is 6.92 Å². The molecule has 28 heavy (non-hydrogen) atoms. The van der Waals surface area contributed by atoms with Crippen LogP contribution in [-0.2, 0) is 24.3 Å². The van der Waals surface area contributed by atoms with Gasteiger partial charge in [-0.05, 0) is 55.8 Å². The highest BCUT2D eigenvalue weighted by Crippen LogP contribution is 2.20. The van der Waals surface area contributed by atoms with Gasteiger partial charge in [0.25, 0.3) is 10.0 Å². The first-order chi connectivity index (χ1) is 13.1. The predicted octanol–water partition coefficient (Wildman–Crippen LogP) is 2.26. The van der Waals surface area contributed by atoms with Crippen LogP contribution in [0, 0.1) is 0 Å². The van der Waals surface area contributed by atoms with E-state index in [0.29, 0.717) is 5.56 Å². The first-order valence-electron chi connectivity index (χ1n) is 8.34. The van der Waals surface area contributed by atoms with E-state index in [1.807, 2.05) is 0 Å². The lowest BCUT2D eigenvalue weighted by molar-refractivity contribution is -0.149. The van der Waals surface area contributed by atoms with Crippen LogP contribution in [0.3, 0.4) is 0 Å². The van der Waals surface area contributed by atoms with E-state index < -0.39 is 34.2 Å². The summed E-state index contributed by atoms with van der Waals surface area (Å²) in [5.41, 5.74) is 1.00. The molecule has 150 valence electrons. The molecule has 2 N–H and O–H groups in total. The number of methoxy groups -OCH3 is 1. The number of nitrogens with one attached hydrogen (secondary N) is 1. The van der Waals surface area contributed by atoms with Crippen molar-refractivity contribution in [3.63, 3.8) is 0 Å². The average molecular weight is 407 g/mol. The number of sulfonamides is 1. The second kappa shape index (κ2) is 8.85. The minimum Gasteiger partial charge on any atom is -0.466 e. The molecule has 8 nitrogen and oxygen atoms in total. The van der Waals surface area contributed by atoms with Gasteiger partial charge < -0.3 is 14.6 Å². The number of esters is 2. The quantitative estimate of drug-likeness (QED) is 0.676. The van der Waals surface area contributed by atoms with Crippen molar-refractivity contribution in [1.29, 1.82) is 0 Å². The Morgan fingerprint density at radius 3 is 2.07 bits per heavy atom. The maximum Gasteiger partial charge on any atom is 0.346 e. The Labute approximate surface area is 163 Å². The summed E-state index contributed by atoms with van der Waals surface area (Å²) in [6.45, 7) is 2.97. The van der Waals surface area contributed by atoms with E-state index in [-0.39, 0.29) is 16.1 Å². The van der Waals surface area contributed by atoms with Crippen molar-refractivity contribution in [2.75, 3.05) is 11.8 Å². The van der Waals surface area contributed by atoms with Gasteiger partial charge in [0.15, 0.2) is 6.10 Å². The molecule has 0 aliphatic heterocycles. The fourth-order valence-electron chi connectivity index (χ4n) is 2.26. The topological polar surface area (TPSA) is 119 Å². The second-order valence-electron chi connectivity index (χ2n) is 6.00. The standard InChI is InChI=1S/C19H21NO7S/c1-12(21)14-6-10-17(11-7-14)28(24,25)20-16-8-4-15(5-9-16)19(23)27-13(2)18(22)26-3/h4-13,20-21H,1-3H3/t12-,13-/m1/s1. The summed E-state index contributed by atoms with van der Waals surface area (Å²) < 4.78 is 36.7. The van der Waals surface area contributed by atoms with Crippen molar-refractivity contribution in [2.24, 2.45) is 0 Å². The summed E-state index contributed by atoms with van der Waals surface area (Å²) >= 11 is 0. The highest BCUT2D eigenvalue weighted by atomic mass is 32.2. The Morgan fingerprint density at radius 1 is 1.00 bits per heavy atom. The molecular weight excluding hydrogens is 386 g/mol. The summed E-state index contributed by atoms with van der Waals surface area (Å²) in [5.74, 6) is -1.42. The summed E-state index contributed by atoms with van der Waals surface area (Å²) in [5, 5.41) is 9.49. The number of anilines is 1. The van der Waals surface area contributed by atoms with Crippen LogP contribution in [0.1, 0.15) is 35.9 Å². The van der Waals surface area contributed by atoms with Gasteiger partial charge in [0.05, 0.1) is 23.7 Å². The normalized spacial score (nSPS) is 13.3.